The minimum absolute atomic E-state index is 0.0836. The lowest BCUT2D eigenvalue weighted by atomic mass is 10.1. The van der Waals surface area contributed by atoms with E-state index in [0.29, 0.717) is 32.5 Å². The summed E-state index contributed by atoms with van der Waals surface area (Å²) in [5.41, 5.74) is 2.85. The molecular weight excluding hydrogens is 316 g/mol. The van der Waals surface area contributed by atoms with Gasteiger partial charge in [-0.15, -0.1) is 6.58 Å². The van der Waals surface area contributed by atoms with Crippen LogP contribution in [0, 0.1) is 0 Å². The number of nitrogens with zero attached hydrogens (tertiary/aromatic N) is 1. The fourth-order valence-corrected chi connectivity index (χ4v) is 4.36. The second-order valence-corrected chi connectivity index (χ2v) is 7.60. The quantitative estimate of drug-likeness (QED) is 0.556. The Morgan fingerprint density at radius 1 is 1.35 bits per heavy atom. The monoisotopic (exact) mass is 340 g/mol. The van der Waals surface area contributed by atoms with E-state index < -0.39 is 16.1 Å². The lowest BCUT2D eigenvalue weighted by Crippen LogP contribution is -2.43. The summed E-state index contributed by atoms with van der Waals surface area (Å²) < 4.78 is 32.2. The van der Waals surface area contributed by atoms with Gasteiger partial charge in [-0.1, -0.05) is 36.4 Å². The molecule has 1 aliphatic heterocycles. The van der Waals surface area contributed by atoms with Crippen LogP contribution in [0.2, 0.25) is 0 Å². The van der Waals surface area contributed by atoms with Crippen LogP contribution in [0.3, 0.4) is 0 Å². The highest BCUT2D eigenvalue weighted by Gasteiger charge is 2.30. The number of hydrogen-bond acceptors (Lipinski definition) is 5. The fraction of sp³-hybridized carbons (Fsp3) is 0.500. The second-order valence-electron chi connectivity index (χ2n) is 5.59. The first-order valence-corrected chi connectivity index (χ1v) is 9.32. The highest BCUT2D eigenvalue weighted by atomic mass is 32.2. The maximum Gasteiger partial charge on any atom is 0.216 e. The predicted molar refractivity (Wildman–Crippen MR) is 88.6 cm³/mol. The maximum atomic E-state index is 12.6. The van der Waals surface area contributed by atoms with Crippen molar-refractivity contribution in [3.05, 3.63) is 48.6 Å². The van der Waals surface area contributed by atoms with Crippen LogP contribution in [0.15, 0.2) is 43.0 Å². The normalized spacial score (nSPS) is 18.7. The Labute approximate surface area is 137 Å². The van der Waals surface area contributed by atoms with Crippen molar-refractivity contribution >= 4 is 10.0 Å². The van der Waals surface area contributed by atoms with Gasteiger partial charge in [0.1, 0.15) is 0 Å². The molecule has 1 saturated heterocycles. The van der Waals surface area contributed by atoms with E-state index in [4.69, 9.17) is 4.74 Å². The lowest BCUT2D eigenvalue weighted by Gasteiger charge is -2.32. The Bertz CT molecular complexity index is 583. The van der Waals surface area contributed by atoms with E-state index in [1.165, 1.54) is 4.31 Å². The molecule has 1 aliphatic rings. The highest BCUT2D eigenvalue weighted by molar-refractivity contribution is 7.89. The van der Waals surface area contributed by atoms with Gasteiger partial charge in [-0.3, -0.25) is 0 Å². The number of rotatable bonds is 8. The van der Waals surface area contributed by atoms with E-state index >= 15 is 0 Å². The van der Waals surface area contributed by atoms with Gasteiger partial charge in [0.15, 0.2) is 0 Å². The van der Waals surface area contributed by atoms with Gasteiger partial charge >= 0.3 is 0 Å². The molecule has 0 saturated carbocycles. The molecule has 1 aromatic rings. The van der Waals surface area contributed by atoms with Crippen LogP contribution in [0.1, 0.15) is 24.4 Å². The smallest absolute Gasteiger partial charge is 0.216 e. The van der Waals surface area contributed by atoms with E-state index in [9.17, 15) is 13.6 Å². The molecule has 6 nitrogen and oxygen atoms in total. The molecule has 1 fully saturated rings. The van der Waals surface area contributed by atoms with Gasteiger partial charge in [-0.25, -0.2) is 12.7 Å². The van der Waals surface area contributed by atoms with Crippen molar-refractivity contribution in [2.75, 3.05) is 25.4 Å². The van der Waals surface area contributed by atoms with Crippen LogP contribution in [-0.4, -0.2) is 49.5 Å². The summed E-state index contributed by atoms with van der Waals surface area (Å²) in [4.78, 5) is 0. The summed E-state index contributed by atoms with van der Waals surface area (Å²) in [5, 5.41) is 9.32. The molecule has 0 aliphatic carbocycles. The van der Waals surface area contributed by atoms with Gasteiger partial charge in [0.2, 0.25) is 10.0 Å². The number of piperidine rings is 1. The SMILES string of the molecule is C=CCOC1CCN(S(=O)(=O)CC(NO)c2ccccc2)CC1. The predicted octanol–water partition coefficient (Wildman–Crippen LogP) is 1.70. The van der Waals surface area contributed by atoms with Gasteiger partial charge in [0.05, 0.1) is 24.5 Å². The number of sulfonamides is 1. The van der Waals surface area contributed by atoms with E-state index in [-0.39, 0.29) is 11.9 Å². The summed E-state index contributed by atoms with van der Waals surface area (Å²) in [6, 6.07) is 8.41. The third-order valence-corrected chi connectivity index (χ3v) is 5.89. The number of ether oxygens (including phenoxy) is 1. The zero-order chi connectivity index (χ0) is 16.7. The first kappa shape index (κ1) is 18.1. The lowest BCUT2D eigenvalue weighted by molar-refractivity contribution is 0.0379. The van der Waals surface area contributed by atoms with Crippen molar-refractivity contribution in [2.45, 2.75) is 25.0 Å². The van der Waals surface area contributed by atoms with Crippen molar-refractivity contribution in [1.29, 1.82) is 0 Å². The molecule has 128 valence electrons. The molecule has 1 atom stereocenters. The molecule has 1 unspecified atom stereocenters. The molecule has 0 amide bonds. The van der Waals surface area contributed by atoms with Crippen molar-refractivity contribution in [3.8, 4) is 0 Å². The molecule has 2 rings (SSSR count). The number of benzene rings is 1. The van der Waals surface area contributed by atoms with Gasteiger partial charge < -0.3 is 9.94 Å². The molecule has 0 spiro atoms. The summed E-state index contributed by atoms with van der Waals surface area (Å²) in [5.74, 6) is -0.175. The average Bonchev–Trinajstić information content (AvgIpc) is 2.59. The van der Waals surface area contributed by atoms with Crippen LogP contribution in [0.25, 0.3) is 0 Å². The summed E-state index contributed by atoms with van der Waals surface area (Å²) in [7, 11) is -3.45. The number of hydroxylamine groups is 1. The number of nitrogens with one attached hydrogen (secondary N) is 1. The van der Waals surface area contributed by atoms with Gasteiger partial charge in [-0.05, 0) is 18.4 Å². The topological polar surface area (TPSA) is 78.9 Å². The molecular formula is C16H24N2O4S. The van der Waals surface area contributed by atoms with Crippen molar-refractivity contribution in [2.24, 2.45) is 0 Å². The van der Waals surface area contributed by atoms with Crippen LogP contribution >= 0.6 is 0 Å². The summed E-state index contributed by atoms with van der Waals surface area (Å²) >= 11 is 0. The molecule has 1 aromatic carbocycles. The minimum Gasteiger partial charge on any atom is -0.374 e. The molecule has 0 radical (unpaired) electrons. The highest BCUT2D eigenvalue weighted by Crippen LogP contribution is 2.21. The van der Waals surface area contributed by atoms with Crippen LogP contribution in [0.5, 0.6) is 0 Å². The van der Waals surface area contributed by atoms with E-state index in [1.54, 1.807) is 18.2 Å². The first-order chi connectivity index (χ1) is 11.1. The Morgan fingerprint density at radius 3 is 2.57 bits per heavy atom. The van der Waals surface area contributed by atoms with Crippen molar-refractivity contribution < 1.29 is 18.4 Å². The molecule has 2 N–H and O–H groups in total. The minimum atomic E-state index is -3.45. The van der Waals surface area contributed by atoms with E-state index in [1.807, 2.05) is 18.2 Å². The summed E-state index contributed by atoms with van der Waals surface area (Å²) in [6.07, 6.45) is 3.13. The maximum absolute atomic E-state index is 12.6. The molecule has 23 heavy (non-hydrogen) atoms. The summed E-state index contributed by atoms with van der Waals surface area (Å²) in [6.45, 7) is 4.98. The van der Waals surface area contributed by atoms with Gasteiger partial charge in [-0.2, -0.15) is 5.48 Å². The molecule has 1 heterocycles. The zero-order valence-electron chi connectivity index (χ0n) is 13.1. The van der Waals surface area contributed by atoms with E-state index in [0.717, 1.165) is 5.56 Å². The van der Waals surface area contributed by atoms with Crippen molar-refractivity contribution in [3.63, 3.8) is 0 Å². The Hall–Kier alpha value is -1.25. The third-order valence-electron chi connectivity index (χ3n) is 3.98. The number of hydrogen-bond donors (Lipinski definition) is 2. The van der Waals surface area contributed by atoms with Crippen LogP contribution < -0.4 is 5.48 Å². The molecule has 0 bridgehead atoms. The standard InChI is InChI=1S/C16H24N2O4S/c1-2-12-22-15-8-10-18(11-9-15)23(20,21)13-16(17-19)14-6-4-3-5-7-14/h2-7,15-17,19H,1,8-13H2. The van der Waals surface area contributed by atoms with Crippen LogP contribution in [-0.2, 0) is 14.8 Å². The van der Waals surface area contributed by atoms with Crippen molar-refractivity contribution in [1.82, 2.24) is 9.79 Å². The zero-order valence-corrected chi connectivity index (χ0v) is 13.9. The Morgan fingerprint density at radius 2 is 2.00 bits per heavy atom. The third kappa shape index (κ3) is 5.12. The largest absolute Gasteiger partial charge is 0.374 e. The molecule has 0 aromatic heterocycles. The van der Waals surface area contributed by atoms with Crippen LogP contribution in [0.4, 0.5) is 0 Å². The Balaban J connectivity index is 1.95. The van der Waals surface area contributed by atoms with Gasteiger partial charge in [0.25, 0.3) is 0 Å². The van der Waals surface area contributed by atoms with Gasteiger partial charge in [0, 0.05) is 13.1 Å². The Kier molecular flexibility index (Phi) is 6.73. The molecule has 7 heteroatoms. The second kappa shape index (κ2) is 8.56. The fourth-order valence-electron chi connectivity index (χ4n) is 2.69. The van der Waals surface area contributed by atoms with E-state index in [2.05, 4.69) is 12.1 Å². The average molecular weight is 340 g/mol. The first-order valence-electron chi connectivity index (χ1n) is 7.71.